The lowest BCUT2D eigenvalue weighted by Gasteiger charge is -2.31. The molecule has 4 nitrogen and oxygen atoms in total. The molecule has 3 heterocycles. The second-order valence-electron chi connectivity index (χ2n) is 6.20. The van der Waals surface area contributed by atoms with E-state index in [0.717, 1.165) is 18.0 Å². The highest BCUT2D eigenvalue weighted by Crippen LogP contribution is 2.24. The molecule has 1 fully saturated rings. The third-order valence-electron chi connectivity index (χ3n) is 4.61. The van der Waals surface area contributed by atoms with Crippen LogP contribution in [-0.4, -0.2) is 35.0 Å². The van der Waals surface area contributed by atoms with Crippen molar-refractivity contribution in [2.45, 2.75) is 31.7 Å². The molecule has 0 aliphatic carbocycles. The first kappa shape index (κ1) is 16.3. The quantitative estimate of drug-likeness (QED) is 0.911. The number of carbonyl (C=O) groups is 1. The molecule has 1 aliphatic rings. The van der Waals surface area contributed by atoms with Crippen molar-refractivity contribution in [3.63, 3.8) is 0 Å². The van der Waals surface area contributed by atoms with Crippen molar-refractivity contribution >= 4 is 17.2 Å². The number of thiophene rings is 1. The summed E-state index contributed by atoms with van der Waals surface area (Å²) in [6.07, 6.45) is 7.22. The Labute approximate surface area is 142 Å². The van der Waals surface area contributed by atoms with E-state index >= 15 is 0 Å². The van der Waals surface area contributed by atoms with Crippen LogP contribution in [0.4, 0.5) is 0 Å². The fraction of sp³-hybridized carbons (Fsp3) is 0.500. The molecule has 0 radical (unpaired) electrons. The van der Waals surface area contributed by atoms with Gasteiger partial charge in [0.25, 0.3) is 5.91 Å². The van der Waals surface area contributed by atoms with Crippen LogP contribution >= 0.6 is 11.3 Å². The fourth-order valence-electron chi connectivity index (χ4n) is 3.33. The number of nitrogens with zero attached hydrogens (tertiary/aromatic N) is 2. The summed E-state index contributed by atoms with van der Waals surface area (Å²) in [7, 11) is 2.08. The smallest absolute Gasteiger partial charge is 0.261 e. The van der Waals surface area contributed by atoms with Gasteiger partial charge in [-0.25, -0.2) is 0 Å². The summed E-state index contributed by atoms with van der Waals surface area (Å²) in [5.74, 6) is 0.0361. The zero-order chi connectivity index (χ0) is 16.1. The minimum Gasteiger partial charge on any atom is -0.353 e. The van der Waals surface area contributed by atoms with Gasteiger partial charge in [0.2, 0.25) is 0 Å². The number of hydrogen-bond acceptors (Lipinski definition) is 3. The van der Waals surface area contributed by atoms with Gasteiger partial charge in [0, 0.05) is 25.5 Å². The van der Waals surface area contributed by atoms with Crippen molar-refractivity contribution in [2.24, 2.45) is 7.05 Å². The molecule has 1 atom stereocenters. The van der Waals surface area contributed by atoms with Crippen LogP contribution < -0.4 is 5.32 Å². The molecular formula is C18H25N3OS. The van der Waals surface area contributed by atoms with Gasteiger partial charge in [0.1, 0.15) is 0 Å². The van der Waals surface area contributed by atoms with E-state index in [1.54, 1.807) is 0 Å². The Morgan fingerprint density at radius 2 is 2.00 bits per heavy atom. The number of aryl methyl sites for hydroxylation is 1. The summed E-state index contributed by atoms with van der Waals surface area (Å²) in [6, 6.07) is 8.30. The predicted molar refractivity (Wildman–Crippen MR) is 94.8 cm³/mol. The monoisotopic (exact) mass is 331 g/mol. The third-order valence-corrected chi connectivity index (χ3v) is 5.48. The molecule has 1 amide bonds. The molecule has 1 saturated heterocycles. The SMILES string of the molecule is Cn1cccc1[C@@H](CNC(=O)c1cccs1)N1CCCCCC1. The molecule has 5 heteroatoms. The van der Waals surface area contributed by atoms with E-state index in [9.17, 15) is 4.79 Å². The molecule has 0 aromatic carbocycles. The summed E-state index contributed by atoms with van der Waals surface area (Å²) >= 11 is 1.49. The van der Waals surface area contributed by atoms with E-state index in [4.69, 9.17) is 0 Å². The summed E-state index contributed by atoms with van der Waals surface area (Å²) in [4.78, 5) is 15.6. The van der Waals surface area contributed by atoms with Crippen LogP contribution in [0.25, 0.3) is 0 Å². The van der Waals surface area contributed by atoms with Crippen LogP contribution in [0.2, 0.25) is 0 Å². The van der Waals surface area contributed by atoms with Crippen LogP contribution in [0.15, 0.2) is 35.8 Å². The van der Waals surface area contributed by atoms with E-state index in [1.807, 2.05) is 17.5 Å². The number of nitrogens with one attached hydrogen (secondary N) is 1. The molecule has 0 bridgehead atoms. The van der Waals surface area contributed by atoms with Crippen LogP contribution in [0, 0.1) is 0 Å². The van der Waals surface area contributed by atoms with Crippen LogP contribution in [0.1, 0.15) is 47.1 Å². The first-order chi connectivity index (χ1) is 11.3. The number of carbonyl (C=O) groups excluding carboxylic acids is 1. The number of rotatable bonds is 5. The van der Waals surface area contributed by atoms with Gasteiger partial charge < -0.3 is 9.88 Å². The number of likely N-dealkylation sites (tertiary alicyclic amines) is 1. The molecule has 0 spiro atoms. The summed E-state index contributed by atoms with van der Waals surface area (Å²) in [5.41, 5.74) is 1.28. The van der Waals surface area contributed by atoms with Gasteiger partial charge in [0.15, 0.2) is 0 Å². The van der Waals surface area contributed by atoms with Gasteiger partial charge in [-0.1, -0.05) is 18.9 Å². The lowest BCUT2D eigenvalue weighted by Crippen LogP contribution is -2.39. The molecule has 1 N–H and O–H groups in total. The highest BCUT2D eigenvalue weighted by molar-refractivity contribution is 7.12. The van der Waals surface area contributed by atoms with Gasteiger partial charge in [-0.3, -0.25) is 9.69 Å². The first-order valence-electron chi connectivity index (χ1n) is 8.42. The second kappa shape index (κ2) is 7.79. The second-order valence-corrected chi connectivity index (χ2v) is 7.14. The Morgan fingerprint density at radius 1 is 1.22 bits per heavy atom. The number of aromatic nitrogens is 1. The van der Waals surface area contributed by atoms with Gasteiger partial charge in [-0.05, 0) is 49.5 Å². The van der Waals surface area contributed by atoms with E-state index in [-0.39, 0.29) is 11.9 Å². The maximum Gasteiger partial charge on any atom is 0.261 e. The van der Waals surface area contributed by atoms with Crippen LogP contribution in [-0.2, 0) is 7.05 Å². The van der Waals surface area contributed by atoms with Crippen LogP contribution in [0.3, 0.4) is 0 Å². The molecular weight excluding hydrogens is 306 g/mol. The molecule has 0 saturated carbocycles. The van der Waals surface area contributed by atoms with Crippen molar-refractivity contribution in [1.29, 1.82) is 0 Å². The molecule has 2 aromatic rings. The van der Waals surface area contributed by atoms with Crippen molar-refractivity contribution in [3.8, 4) is 0 Å². The molecule has 2 aromatic heterocycles. The lowest BCUT2D eigenvalue weighted by molar-refractivity contribution is 0.0935. The standard InChI is InChI=1S/C18H25N3OS/c1-20-10-6-8-15(20)16(21-11-4-2-3-5-12-21)14-19-18(22)17-9-7-13-23-17/h6-10,13,16H,2-5,11-12,14H2,1H3,(H,19,22)/t16-/m1/s1. The van der Waals surface area contributed by atoms with Crippen LogP contribution in [0.5, 0.6) is 0 Å². The molecule has 0 unspecified atom stereocenters. The largest absolute Gasteiger partial charge is 0.353 e. The Balaban J connectivity index is 1.72. The van der Waals surface area contributed by atoms with Crippen molar-refractivity contribution < 1.29 is 4.79 Å². The summed E-state index contributed by atoms with van der Waals surface area (Å²) < 4.78 is 2.17. The van der Waals surface area contributed by atoms with E-state index in [1.165, 1.54) is 42.7 Å². The maximum atomic E-state index is 12.3. The highest BCUT2D eigenvalue weighted by Gasteiger charge is 2.24. The lowest BCUT2D eigenvalue weighted by atomic mass is 10.1. The molecule has 1 aliphatic heterocycles. The minimum atomic E-state index is 0.0361. The first-order valence-corrected chi connectivity index (χ1v) is 9.30. The topological polar surface area (TPSA) is 37.3 Å². The summed E-state index contributed by atoms with van der Waals surface area (Å²) in [5, 5.41) is 5.08. The average Bonchev–Trinajstić information content (AvgIpc) is 3.15. The van der Waals surface area contributed by atoms with Crippen molar-refractivity contribution in [1.82, 2.24) is 14.8 Å². The van der Waals surface area contributed by atoms with Crippen molar-refractivity contribution in [3.05, 3.63) is 46.4 Å². The van der Waals surface area contributed by atoms with Gasteiger partial charge >= 0.3 is 0 Å². The minimum absolute atomic E-state index is 0.0361. The van der Waals surface area contributed by atoms with E-state index < -0.39 is 0 Å². The zero-order valence-electron chi connectivity index (χ0n) is 13.7. The Hall–Kier alpha value is -1.59. The molecule has 124 valence electrons. The van der Waals surface area contributed by atoms with Crippen molar-refractivity contribution in [2.75, 3.05) is 19.6 Å². The van der Waals surface area contributed by atoms with E-state index in [0.29, 0.717) is 6.54 Å². The average molecular weight is 331 g/mol. The van der Waals surface area contributed by atoms with E-state index in [2.05, 4.69) is 40.2 Å². The number of hydrogen-bond donors (Lipinski definition) is 1. The normalized spacial score (nSPS) is 17.6. The van der Waals surface area contributed by atoms with Gasteiger partial charge in [-0.2, -0.15) is 0 Å². The highest BCUT2D eigenvalue weighted by atomic mass is 32.1. The summed E-state index contributed by atoms with van der Waals surface area (Å²) in [6.45, 7) is 2.89. The molecule has 23 heavy (non-hydrogen) atoms. The van der Waals surface area contributed by atoms with Gasteiger partial charge in [0.05, 0.1) is 10.9 Å². The third kappa shape index (κ3) is 4.03. The maximum absolute atomic E-state index is 12.3. The Kier molecular flexibility index (Phi) is 5.51. The molecule has 3 rings (SSSR count). The predicted octanol–water partition coefficient (Wildman–Crippen LogP) is 3.43. The number of amides is 1. The Morgan fingerprint density at radius 3 is 2.61 bits per heavy atom. The Bertz CT molecular complexity index is 612. The van der Waals surface area contributed by atoms with Gasteiger partial charge in [-0.15, -0.1) is 11.3 Å². The fourth-order valence-corrected chi connectivity index (χ4v) is 3.97. The zero-order valence-corrected chi connectivity index (χ0v) is 14.5.